The largest absolute Gasteiger partial charge is 0.229 e. The first-order valence-corrected chi connectivity index (χ1v) is 3.44. The summed E-state index contributed by atoms with van der Waals surface area (Å²) >= 11 is 0. The summed E-state index contributed by atoms with van der Waals surface area (Å²) in [5, 5.41) is 0. The summed E-state index contributed by atoms with van der Waals surface area (Å²) in [6.07, 6.45) is -0.483. The van der Waals surface area contributed by atoms with Crippen molar-refractivity contribution in [3.63, 3.8) is 0 Å². The number of sulfone groups is 1. The summed E-state index contributed by atoms with van der Waals surface area (Å²) in [6, 6.07) is 0. The topological polar surface area (TPSA) is 34.1 Å². The molecule has 0 aliphatic carbocycles. The van der Waals surface area contributed by atoms with Gasteiger partial charge in [0.05, 0.1) is 0 Å². The van der Waals surface area contributed by atoms with Crippen molar-refractivity contribution in [3.05, 3.63) is 0 Å². The second-order valence-electron chi connectivity index (χ2n) is 1.03. The average molecular weight is 363 g/mol. The van der Waals surface area contributed by atoms with Gasteiger partial charge in [0.15, 0.2) is 0 Å². The molecule has 0 aliphatic rings. The van der Waals surface area contributed by atoms with Crippen molar-refractivity contribution in [1.29, 1.82) is 0 Å². The molecule has 4 heteroatoms. The molecule has 8 heavy (non-hydrogen) atoms. The Kier molecular flexibility index (Phi) is 9.00. The molecule has 0 atom stereocenters. The van der Waals surface area contributed by atoms with Gasteiger partial charge in [-0.1, -0.05) is 14.4 Å². The van der Waals surface area contributed by atoms with Gasteiger partial charge >= 0.3 is 0 Å². The molecule has 0 fully saturated rings. The van der Waals surface area contributed by atoms with E-state index in [1.807, 2.05) is 0 Å². The molecular formula is C4H12O2SU. The standard InChI is InChI=1S/C3H8O2S.CH4.U/c1-3-6(2,4)5;;/h3H2,1-2H3;1H4;/i2D;;. The van der Waals surface area contributed by atoms with Gasteiger partial charge in [0.25, 0.3) is 0 Å². The monoisotopic (exact) mass is 363 g/mol. The molecule has 0 rings (SSSR count). The molecule has 2 nitrogen and oxygen atoms in total. The first-order valence-electron chi connectivity index (χ1n) is 2.32. The number of rotatable bonds is 1. The fraction of sp³-hybridized carbons (Fsp3) is 1.00. The Hall–Kier alpha value is 1.00. The van der Waals surface area contributed by atoms with Crippen molar-refractivity contribution in [1.82, 2.24) is 0 Å². The molecule has 0 saturated carbocycles. The predicted molar refractivity (Wildman–Crippen MR) is 32.1 cm³/mol. The Labute approximate surface area is 76.8 Å². The molecule has 0 amide bonds. The van der Waals surface area contributed by atoms with Crippen LogP contribution >= 0.6 is 0 Å². The minimum absolute atomic E-state index is 0. The van der Waals surface area contributed by atoms with Crippen LogP contribution in [0.4, 0.5) is 0 Å². The van der Waals surface area contributed by atoms with E-state index in [0.717, 1.165) is 0 Å². The molecule has 0 aromatic rings. The summed E-state index contributed by atoms with van der Waals surface area (Å²) in [5.41, 5.74) is 0. The third kappa shape index (κ3) is 15.7. The van der Waals surface area contributed by atoms with Crippen LogP contribution in [0.15, 0.2) is 0 Å². The summed E-state index contributed by atoms with van der Waals surface area (Å²) in [7, 11) is -2.99. The van der Waals surface area contributed by atoms with E-state index in [9.17, 15) is 8.42 Å². The predicted octanol–water partition coefficient (Wildman–Crippen LogP) is 0.687. The first kappa shape index (κ1) is 11.8. The van der Waals surface area contributed by atoms with Gasteiger partial charge in [-0.05, 0) is 0 Å². The third-order valence-electron chi connectivity index (χ3n) is 0.440. The van der Waals surface area contributed by atoms with Crippen LogP contribution in [-0.4, -0.2) is 20.4 Å². The molecule has 0 saturated heterocycles. The average Bonchev–Trinajstić information content (AvgIpc) is 1.68. The summed E-state index contributed by atoms with van der Waals surface area (Å²) in [4.78, 5) is 0. The van der Waals surface area contributed by atoms with E-state index in [1.54, 1.807) is 0 Å². The van der Waals surface area contributed by atoms with E-state index in [2.05, 4.69) is 0 Å². The molecule has 0 unspecified atom stereocenters. The minimum Gasteiger partial charge on any atom is -0.229 e. The molecule has 0 radical (unpaired) electrons. The molecule has 0 heterocycles. The molecule has 0 bridgehead atoms. The Morgan fingerprint density at radius 3 is 2.00 bits per heavy atom. The zero-order valence-corrected chi connectivity index (χ0v) is 9.12. The van der Waals surface area contributed by atoms with E-state index in [4.69, 9.17) is 1.37 Å². The van der Waals surface area contributed by atoms with Gasteiger partial charge in [0, 0.05) is 44.5 Å². The zero-order chi connectivity index (χ0) is 5.91. The Bertz CT molecular complexity index is 122. The molecule has 0 spiro atoms. The van der Waals surface area contributed by atoms with Crippen LogP contribution in [0.3, 0.4) is 0 Å². The van der Waals surface area contributed by atoms with Crippen LogP contribution in [0.1, 0.15) is 15.7 Å². The molecule has 50 valence electrons. The third-order valence-corrected chi connectivity index (χ3v) is 1.32. The summed E-state index contributed by atoms with van der Waals surface area (Å²) in [6.45, 7) is 1.53. The van der Waals surface area contributed by atoms with Crippen LogP contribution in [0, 0.1) is 31.1 Å². The van der Waals surface area contributed by atoms with Crippen LogP contribution < -0.4 is 0 Å². The van der Waals surface area contributed by atoms with Crippen molar-refractivity contribution >= 4 is 9.84 Å². The smallest absolute Gasteiger partial charge is 0.147 e. The fourth-order valence-electron chi connectivity index (χ4n) is 0. The van der Waals surface area contributed by atoms with Crippen LogP contribution in [0.5, 0.6) is 0 Å². The Balaban J connectivity index is -0.000000180. The van der Waals surface area contributed by atoms with E-state index in [1.165, 1.54) is 6.92 Å². The van der Waals surface area contributed by atoms with Gasteiger partial charge in [-0.2, -0.15) is 0 Å². The summed E-state index contributed by atoms with van der Waals surface area (Å²) in [5.74, 6) is 0.0799. The second-order valence-corrected chi connectivity index (χ2v) is 3.10. The first-order chi connectivity index (χ1) is 3.12. The van der Waals surface area contributed by atoms with E-state index in [0.29, 0.717) is 0 Å². The maximum absolute atomic E-state index is 10.2. The van der Waals surface area contributed by atoms with Crippen molar-refractivity contribution < 1.29 is 40.9 Å². The van der Waals surface area contributed by atoms with Gasteiger partial charge in [-0.25, -0.2) is 8.42 Å². The zero-order valence-electron chi connectivity index (χ0n) is 5.14. The van der Waals surface area contributed by atoms with Gasteiger partial charge in [0.1, 0.15) is 9.84 Å². The quantitative estimate of drug-likeness (QED) is 0.687. The normalized spacial score (nSPS) is 10.4. The van der Waals surface area contributed by atoms with Gasteiger partial charge in [-0.15, -0.1) is 0 Å². The number of hydrogen-bond donors (Lipinski definition) is 0. The van der Waals surface area contributed by atoms with Crippen molar-refractivity contribution in [2.75, 3.05) is 12.0 Å². The Morgan fingerprint density at radius 1 is 1.62 bits per heavy atom. The molecule has 0 aromatic heterocycles. The van der Waals surface area contributed by atoms with Crippen LogP contribution in [0.2, 0.25) is 0 Å². The van der Waals surface area contributed by atoms with Crippen molar-refractivity contribution in [2.45, 2.75) is 14.4 Å². The van der Waals surface area contributed by atoms with Gasteiger partial charge in [-0.3, -0.25) is 0 Å². The molecule has 0 N–H and O–H groups in total. The molecule has 0 aliphatic heterocycles. The fourth-order valence-corrected chi connectivity index (χ4v) is 0. The molecular weight excluding hydrogens is 350 g/mol. The second kappa shape index (κ2) is 6.13. The van der Waals surface area contributed by atoms with Crippen molar-refractivity contribution in [3.8, 4) is 0 Å². The SMILES string of the molecule is C.[2H]CS(=O)(=O)CC.[U]. The minimum atomic E-state index is -2.99. The van der Waals surface area contributed by atoms with Crippen LogP contribution in [-0.2, 0) is 9.84 Å². The van der Waals surface area contributed by atoms with Gasteiger partial charge < -0.3 is 0 Å². The molecule has 0 aromatic carbocycles. The van der Waals surface area contributed by atoms with E-state index >= 15 is 0 Å². The van der Waals surface area contributed by atoms with Crippen LogP contribution in [0.25, 0.3) is 0 Å². The summed E-state index contributed by atoms with van der Waals surface area (Å²) < 4.78 is 26.8. The Morgan fingerprint density at radius 2 is 2.00 bits per heavy atom. The van der Waals surface area contributed by atoms with Crippen molar-refractivity contribution in [2.24, 2.45) is 0 Å². The van der Waals surface area contributed by atoms with Gasteiger partial charge in [0.2, 0.25) is 0 Å². The maximum atomic E-state index is 10.2. The number of hydrogen-bond acceptors (Lipinski definition) is 2. The maximum Gasteiger partial charge on any atom is 0.147 e. The van der Waals surface area contributed by atoms with E-state index in [-0.39, 0.29) is 44.3 Å². The van der Waals surface area contributed by atoms with E-state index < -0.39 is 16.1 Å².